The predicted molar refractivity (Wildman–Crippen MR) is 59.7 cm³/mol. The number of carbonyl (C=O) groups excluding carboxylic acids is 2. The van der Waals surface area contributed by atoms with Gasteiger partial charge in [0.2, 0.25) is 5.91 Å². The van der Waals surface area contributed by atoms with Crippen LogP contribution in [0.15, 0.2) is 0 Å². The predicted octanol–water partition coefficient (Wildman–Crippen LogP) is 0.946. The van der Waals surface area contributed by atoms with E-state index in [0.717, 1.165) is 17.9 Å². The van der Waals surface area contributed by atoms with Crippen LogP contribution in [0.4, 0.5) is 4.79 Å². The zero-order valence-electron chi connectivity index (χ0n) is 10.1. The van der Waals surface area contributed by atoms with Gasteiger partial charge < -0.3 is 10.1 Å². The number of hydrogen-bond donors (Lipinski definition) is 1. The Kier molecular flexibility index (Phi) is 3.91. The first kappa shape index (κ1) is 13.0. The number of hydrogen-bond acceptors (Lipinski definition) is 4. The van der Waals surface area contributed by atoms with Crippen LogP contribution < -0.4 is 5.32 Å². The average molecular weight is 227 g/mol. The molecule has 0 saturated carbocycles. The minimum Gasteiger partial charge on any atom is -0.443 e. The van der Waals surface area contributed by atoms with Gasteiger partial charge in [-0.05, 0) is 33.7 Å². The maximum absolute atomic E-state index is 11.8. The van der Waals surface area contributed by atoms with Gasteiger partial charge in [0.1, 0.15) is 5.60 Å². The highest BCUT2D eigenvalue weighted by atomic mass is 16.6. The van der Waals surface area contributed by atoms with Gasteiger partial charge in [0, 0.05) is 13.5 Å². The summed E-state index contributed by atoms with van der Waals surface area (Å²) in [6.45, 7) is 10.0. The lowest BCUT2D eigenvalue weighted by atomic mass is 10.2. The van der Waals surface area contributed by atoms with Gasteiger partial charge in [-0.1, -0.05) is 0 Å². The van der Waals surface area contributed by atoms with Crippen molar-refractivity contribution >= 4 is 12.0 Å². The summed E-state index contributed by atoms with van der Waals surface area (Å²) < 4.78 is 5.17. The number of amides is 2. The van der Waals surface area contributed by atoms with Crippen molar-refractivity contribution < 1.29 is 14.3 Å². The smallest absolute Gasteiger partial charge is 0.417 e. The Morgan fingerprint density at radius 2 is 2.06 bits per heavy atom. The lowest BCUT2D eigenvalue weighted by Crippen LogP contribution is -2.47. The third-order valence-electron chi connectivity index (χ3n) is 2.26. The van der Waals surface area contributed by atoms with Crippen molar-refractivity contribution in [3.05, 3.63) is 6.92 Å². The Balaban J connectivity index is 2.70. The van der Waals surface area contributed by atoms with Crippen LogP contribution in [0, 0.1) is 6.92 Å². The first-order chi connectivity index (χ1) is 7.31. The Bertz CT molecular complexity index is 277. The molecule has 5 nitrogen and oxygen atoms in total. The zero-order valence-corrected chi connectivity index (χ0v) is 10.1. The number of carbonyl (C=O) groups is 2. The minimum atomic E-state index is -0.610. The van der Waals surface area contributed by atoms with E-state index in [1.807, 2.05) is 0 Å². The quantitative estimate of drug-likeness (QED) is 0.724. The molecule has 0 aromatic rings. The van der Waals surface area contributed by atoms with E-state index in [-0.39, 0.29) is 6.04 Å². The molecule has 0 aromatic heterocycles. The summed E-state index contributed by atoms with van der Waals surface area (Å²) in [5, 5.41) is 3.10. The lowest BCUT2D eigenvalue weighted by Gasteiger charge is -2.28. The van der Waals surface area contributed by atoms with Gasteiger partial charge in [-0.2, -0.15) is 0 Å². The Morgan fingerprint density at radius 1 is 1.44 bits per heavy atom. The standard InChI is InChI=1S/C11H19N2O3/c1-8(14)13(9-5-6-12-7-9)10(15)16-11(2,3)4/h9,12H,1,5-7H2,2-4H3. The summed E-state index contributed by atoms with van der Waals surface area (Å²) in [5.41, 5.74) is -0.600. The van der Waals surface area contributed by atoms with E-state index in [2.05, 4.69) is 12.2 Å². The summed E-state index contributed by atoms with van der Waals surface area (Å²) in [4.78, 5) is 24.2. The lowest BCUT2D eigenvalue weighted by molar-refractivity contribution is -0.127. The largest absolute Gasteiger partial charge is 0.443 e. The van der Waals surface area contributed by atoms with Crippen molar-refractivity contribution in [2.24, 2.45) is 0 Å². The molecule has 0 spiro atoms. The average Bonchev–Trinajstić information content (AvgIpc) is 2.52. The Hall–Kier alpha value is -1.10. The number of nitrogens with zero attached hydrogens (tertiary/aromatic N) is 1. The molecule has 1 atom stereocenters. The summed E-state index contributed by atoms with van der Waals surface area (Å²) in [7, 11) is 0. The van der Waals surface area contributed by atoms with Crippen molar-refractivity contribution in [3.8, 4) is 0 Å². The van der Waals surface area contributed by atoms with Crippen molar-refractivity contribution in [1.29, 1.82) is 0 Å². The van der Waals surface area contributed by atoms with Gasteiger partial charge in [0.15, 0.2) is 0 Å². The van der Waals surface area contributed by atoms with Gasteiger partial charge in [-0.15, -0.1) is 0 Å². The second-order valence-corrected chi connectivity index (χ2v) is 4.89. The van der Waals surface area contributed by atoms with E-state index in [1.165, 1.54) is 0 Å². The maximum Gasteiger partial charge on any atom is 0.417 e. The summed E-state index contributed by atoms with van der Waals surface area (Å²) in [5.74, 6) is -0.511. The van der Waals surface area contributed by atoms with Gasteiger partial charge in [-0.3, -0.25) is 4.79 Å². The van der Waals surface area contributed by atoms with Crippen LogP contribution in [-0.2, 0) is 9.53 Å². The highest BCUT2D eigenvalue weighted by Crippen LogP contribution is 2.15. The molecule has 0 aromatic carbocycles. The van der Waals surface area contributed by atoms with Crippen LogP contribution in [0.25, 0.3) is 0 Å². The van der Waals surface area contributed by atoms with Crippen molar-refractivity contribution in [3.63, 3.8) is 0 Å². The normalized spacial score (nSPS) is 20.6. The van der Waals surface area contributed by atoms with Crippen LogP contribution in [-0.4, -0.2) is 41.6 Å². The fourth-order valence-corrected chi connectivity index (χ4v) is 1.63. The van der Waals surface area contributed by atoms with Gasteiger partial charge in [-0.25, -0.2) is 9.69 Å². The SMILES string of the molecule is [CH2]C(=O)N(C(=O)OC(C)(C)C)C1CCNC1. The minimum absolute atomic E-state index is 0.139. The van der Waals surface area contributed by atoms with E-state index in [9.17, 15) is 9.59 Å². The second kappa shape index (κ2) is 4.82. The van der Waals surface area contributed by atoms with E-state index in [4.69, 9.17) is 4.74 Å². The highest BCUT2D eigenvalue weighted by Gasteiger charge is 2.32. The molecule has 1 aliphatic rings. The molecular formula is C11H19N2O3. The van der Waals surface area contributed by atoms with Crippen molar-refractivity contribution in [2.45, 2.75) is 38.8 Å². The number of ether oxygens (including phenoxy) is 1. The molecule has 5 heteroatoms. The zero-order chi connectivity index (χ0) is 12.3. The summed E-state index contributed by atoms with van der Waals surface area (Å²) in [6.07, 6.45) is 0.140. The molecule has 2 amide bonds. The number of rotatable bonds is 1. The molecule has 0 aliphatic carbocycles. The van der Waals surface area contributed by atoms with Crippen LogP contribution in [0.2, 0.25) is 0 Å². The van der Waals surface area contributed by atoms with E-state index in [0.29, 0.717) is 6.54 Å². The maximum atomic E-state index is 11.8. The first-order valence-corrected chi connectivity index (χ1v) is 5.40. The second-order valence-electron chi connectivity index (χ2n) is 4.89. The third-order valence-corrected chi connectivity index (χ3v) is 2.26. The molecule has 1 heterocycles. The molecule has 1 saturated heterocycles. The van der Waals surface area contributed by atoms with Crippen LogP contribution in [0.3, 0.4) is 0 Å². The highest BCUT2D eigenvalue weighted by molar-refractivity contribution is 5.94. The summed E-state index contributed by atoms with van der Waals surface area (Å²) in [6, 6.07) is -0.139. The van der Waals surface area contributed by atoms with E-state index >= 15 is 0 Å². The molecule has 0 bridgehead atoms. The van der Waals surface area contributed by atoms with Crippen molar-refractivity contribution in [1.82, 2.24) is 10.2 Å². The van der Waals surface area contributed by atoms with Crippen LogP contribution in [0.5, 0.6) is 0 Å². The van der Waals surface area contributed by atoms with E-state index < -0.39 is 17.6 Å². The molecule has 1 aliphatic heterocycles. The van der Waals surface area contributed by atoms with Crippen LogP contribution >= 0.6 is 0 Å². The monoisotopic (exact) mass is 227 g/mol. The Morgan fingerprint density at radius 3 is 2.44 bits per heavy atom. The summed E-state index contributed by atoms with van der Waals surface area (Å²) >= 11 is 0. The van der Waals surface area contributed by atoms with Gasteiger partial charge in [0.25, 0.3) is 0 Å². The molecule has 16 heavy (non-hydrogen) atoms. The molecule has 1 radical (unpaired) electrons. The first-order valence-electron chi connectivity index (χ1n) is 5.40. The molecule has 91 valence electrons. The van der Waals surface area contributed by atoms with Gasteiger partial charge in [0.05, 0.1) is 6.04 Å². The molecule has 1 N–H and O–H groups in total. The number of nitrogens with one attached hydrogen (secondary N) is 1. The topological polar surface area (TPSA) is 58.6 Å². The van der Waals surface area contributed by atoms with Gasteiger partial charge >= 0.3 is 6.09 Å². The fourth-order valence-electron chi connectivity index (χ4n) is 1.63. The Labute approximate surface area is 96.1 Å². The van der Waals surface area contributed by atoms with Crippen LogP contribution in [0.1, 0.15) is 27.2 Å². The fraction of sp³-hybridized carbons (Fsp3) is 0.727. The third kappa shape index (κ3) is 3.48. The van der Waals surface area contributed by atoms with E-state index in [1.54, 1.807) is 20.8 Å². The molecule has 1 rings (SSSR count). The van der Waals surface area contributed by atoms with Crippen molar-refractivity contribution in [2.75, 3.05) is 13.1 Å². The molecular weight excluding hydrogens is 208 g/mol. The molecule has 1 unspecified atom stereocenters. The molecule has 1 fully saturated rings. The number of imide groups is 1.